The first-order valence-electron chi connectivity index (χ1n) is 9.54. The van der Waals surface area contributed by atoms with E-state index in [2.05, 4.69) is 16.3 Å². The zero-order chi connectivity index (χ0) is 25.6. The predicted molar refractivity (Wildman–Crippen MR) is 114 cm³/mol. The second-order valence-electron chi connectivity index (χ2n) is 6.04. The first kappa shape index (κ1) is 30.0. The van der Waals surface area contributed by atoms with Crippen LogP contribution in [0.2, 0.25) is 0 Å². The molecule has 0 atom stereocenters. The third-order valence-corrected chi connectivity index (χ3v) is 3.65. The summed E-state index contributed by atoms with van der Waals surface area (Å²) in [5.41, 5.74) is 2.11. The van der Waals surface area contributed by atoms with Crippen LogP contribution in [0.3, 0.4) is 0 Å². The highest BCUT2D eigenvalue weighted by molar-refractivity contribution is 6.18. The SMILES string of the molecule is CCOC(=O)c1cc(O)ccc1C.CCOC(=O)c1cc(OC(F)F)ccc1C.FC(F)Cl. The van der Waals surface area contributed by atoms with E-state index in [1.165, 1.54) is 30.3 Å². The Hall–Kier alpha value is -3.01. The van der Waals surface area contributed by atoms with Crippen molar-refractivity contribution in [2.45, 2.75) is 40.2 Å². The molecule has 0 heterocycles. The largest absolute Gasteiger partial charge is 0.508 e. The Balaban J connectivity index is 0.000000542. The number of hydrogen-bond donors (Lipinski definition) is 1. The van der Waals surface area contributed by atoms with Crippen LogP contribution in [0.4, 0.5) is 17.6 Å². The van der Waals surface area contributed by atoms with E-state index in [4.69, 9.17) is 14.6 Å². The highest BCUT2D eigenvalue weighted by Gasteiger charge is 2.13. The van der Waals surface area contributed by atoms with Gasteiger partial charge in [-0.25, -0.2) is 9.59 Å². The molecule has 6 nitrogen and oxygen atoms in total. The topological polar surface area (TPSA) is 82.1 Å². The van der Waals surface area contributed by atoms with Gasteiger partial charge in [-0.3, -0.25) is 0 Å². The van der Waals surface area contributed by atoms with Gasteiger partial charge in [0.25, 0.3) is 0 Å². The van der Waals surface area contributed by atoms with Crippen LogP contribution in [0.1, 0.15) is 45.7 Å². The average molecular weight is 497 g/mol. The molecule has 0 aromatic heterocycles. The van der Waals surface area contributed by atoms with Crippen molar-refractivity contribution in [3.05, 3.63) is 58.7 Å². The maximum absolute atomic E-state index is 12.0. The Labute approximate surface area is 194 Å². The highest BCUT2D eigenvalue weighted by Crippen LogP contribution is 2.20. The number of aromatic hydroxyl groups is 1. The Morgan fingerprint density at radius 3 is 1.73 bits per heavy atom. The lowest BCUT2D eigenvalue weighted by Crippen LogP contribution is -2.08. The van der Waals surface area contributed by atoms with E-state index in [1.807, 2.05) is 0 Å². The number of aryl methyl sites for hydroxylation is 2. The molecular weight excluding hydrogens is 472 g/mol. The third kappa shape index (κ3) is 12.6. The molecule has 1 N–H and O–H groups in total. The Bertz CT molecular complexity index is 890. The van der Waals surface area contributed by atoms with E-state index >= 15 is 0 Å². The minimum atomic E-state index is -2.90. The summed E-state index contributed by atoms with van der Waals surface area (Å²) in [5.74, 6) is -3.60. The maximum atomic E-state index is 12.0. The highest BCUT2D eigenvalue weighted by atomic mass is 35.5. The number of benzene rings is 2. The van der Waals surface area contributed by atoms with Crippen LogP contribution in [0.15, 0.2) is 36.4 Å². The molecule has 0 fully saturated rings. The van der Waals surface area contributed by atoms with Crippen molar-refractivity contribution >= 4 is 23.5 Å². The van der Waals surface area contributed by atoms with Gasteiger partial charge in [0.2, 0.25) is 0 Å². The number of ether oxygens (including phenoxy) is 3. The summed E-state index contributed by atoms with van der Waals surface area (Å²) in [4.78, 5) is 22.7. The van der Waals surface area contributed by atoms with Gasteiger partial charge in [0, 0.05) is 0 Å². The third-order valence-electron chi connectivity index (χ3n) is 3.65. The van der Waals surface area contributed by atoms with E-state index in [9.17, 15) is 27.2 Å². The van der Waals surface area contributed by atoms with Crippen LogP contribution < -0.4 is 4.74 Å². The van der Waals surface area contributed by atoms with Crippen LogP contribution in [0.25, 0.3) is 0 Å². The average Bonchev–Trinajstić information content (AvgIpc) is 2.71. The van der Waals surface area contributed by atoms with Crippen LogP contribution in [0, 0.1) is 13.8 Å². The van der Waals surface area contributed by atoms with E-state index in [1.54, 1.807) is 33.8 Å². The van der Waals surface area contributed by atoms with Crippen molar-refractivity contribution in [1.82, 2.24) is 0 Å². The van der Waals surface area contributed by atoms with Gasteiger partial charge in [0.1, 0.15) is 11.5 Å². The number of phenolic OH excluding ortho intramolecular Hbond substituents is 1. The first-order chi connectivity index (χ1) is 15.4. The van der Waals surface area contributed by atoms with Gasteiger partial charge >= 0.3 is 24.4 Å². The lowest BCUT2D eigenvalue weighted by Gasteiger charge is -2.08. The summed E-state index contributed by atoms with van der Waals surface area (Å²) in [6, 6.07) is 8.79. The summed E-state index contributed by atoms with van der Waals surface area (Å²) in [6.45, 7) is 4.58. The summed E-state index contributed by atoms with van der Waals surface area (Å²) in [6.07, 6.45) is 0. The molecule has 33 heavy (non-hydrogen) atoms. The van der Waals surface area contributed by atoms with E-state index in [-0.39, 0.29) is 23.7 Å². The first-order valence-corrected chi connectivity index (χ1v) is 9.98. The number of phenols is 1. The molecule has 0 aliphatic carbocycles. The van der Waals surface area contributed by atoms with E-state index < -0.39 is 24.4 Å². The van der Waals surface area contributed by atoms with Crippen LogP contribution in [-0.4, -0.2) is 42.8 Å². The second-order valence-corrected chi connectivity index (χ2v) is 6.37. The molecule has 0 spiro atoms. The number of alkyl halides is 5. The fraction of sp³-hybridized carbons (Fsp3) is 0.364. The second kappa shape index (κ2) is 15.7. The zero-order valence-electron chi connectivity index (χ0n) is 18.4. The van der Waals surface area contributed by atoms with Gasteiger partial charge in [-0.2, -0.15) is 17.6 Å². The number of carbonyl (C=O) groups excluding carboxylic acids is 2. The number of halogens is 5. The lowest BCUT2D eigenvalue weighted by molar-refractivity contribution is -0.0499. The van der Waals surface area contributed by atoms with Crippen molar-refractivity contribution < 1.29 is 46.5 Å². The summed E-state index contributed by atoms with van der Waals surface area (Å²) in [7, 11) is 0. The van der Waals surface area contributed by atoms with E-state index in [0.717, 1.165) is 5.56 Å². The van der Waals surface area contributed by atoms with Gasteiger partial charge in [-0.15, -0.1) is 0 Å². The van der Waals surface area contributed by atoms with Gasteiger partial charge in [0.05, 0.1) is 24.3 Å². The monoisotopic (exact) mass is 496 g/mol. The molecule has 2 aromatic carbocycles. The number of hydrogen-bond acceptors (Lipinski definition) is 6. The molecule has 2 aromatic rings. The minimum Gasteiger partial charge on any atom is -0.508 e. The molecule has 184 valence electrons. The Kier molecular flexibility index (Phi) is 14.3. The molecule has 0 saturated heterocycles. The standard InChI is InChI=1S/C11H12F2O3.C10H12O3.CHClF2/c1-3-15-10(14)9-6-8(16-11(12)13)5-4-7(9)2;1-3-13-10(12)9-6-8(11)5-4-7(9)2;2-1(3)4/h4-6,11H,3H2,1-2H3;4-6,11H,3H2,1-2H3;1H. The molecule has 0 saturated carbocycles. The van der Waals surface area contributed by atoms with E-state index in [0.29, 0.717) is 17.7 Å². The maximum Gasteiger partial charge on any atom is 0.387 e. The fourth-order valence-corrected chi connectivity index (χ4v) is 2.24. The van der Waals surface area contributed by atoms with Gasteiger partial charge < -0.3 is 19.3 Å². The van der Waals surface area contributed by atoms with Crippen molar-refractivity contribution in [1.29, 1.82) is 0 Å². The van der Waals surface area contributed by atoms with Crippen molar-refractivity contribution in [3.63, 3.8) is 0 Å². The van der Waals surface area contributed by atoms with Gasteiger partial charge in [-0.05, 0) is 63.1 Å². The number of rotatable bonds is 6. The van der Waals surface area contributed by atoms with Crippen LogP contribution in [-0.2, 0) is 9.47 Å². The predicted octanol–water partition coefficient (Wildman–Crippen LogP) is 6.10. The van der Waals surface area contributed by atoms with Crippen molar-refractivity contribution in [2.75, 3.05) is 13.2 Å². The Morgan fingerprint density at radius 1 is 0.879 bits per heavy atom. The summed E-state index contributed by atoms with van der Waals surface area (Å²) in [5, 5.41) is 9.15. The van der Waals surface area contributed by atoms with Crippen molar-refractivity contribution in [2.24, 2.45) is 0 Å². The van der Waals surface area contributed by atoms with Crippen molar-refractivity contribution in [3.8, 4) is 11.5 Å². The van der Waals surface area contributed by atoms with Crippen LogP contribution in [0.5, 0.6) is 11.5 Å². The van der Waals surface area contributed by atoms with Gasteiger partial charge in [0.15, 0.2) is 0 Å². The molecule has 0 amide bonds. The van der Waals surface area contributed by atoms with Gasteiger partial charge in [-0.1, -0.05) is 23.7 Å². The Morgan fingerprint density at radius 2 is 1.30 bits per heavy atom. The zero-order valence-corrected chi connectivity index (χ0v) is 19.2. The lowest BCUT2D eigenvalue weighted by atomic mass is 10.1. The molecule has 0 aliphatic rings. The molecule has 0 unspecified atom stereocenters. The van der Waals surface area contributed by atoms with Crippen LogP contribution >= 0.6 is 11.6 Å². The minimum absolute atomic E-state index is 0.0522. The normalized spacial score (nSPS) is 9.91. The summed E-state index contributed by atoms with van der Waals surface area (Å²) < 4.78 is 57.9. The quantitative estimate of drug-likeness (QED) is 0.296. The molecule has 2 rings (SSSR count). The molecule has 11 heteroatoms. The smallest absolute Gasteiger partial charge is 0.387 e. The number of carbonyl (C=O) groups is 2. The fourth-order valence-electron chi connectivity index (χ4n) is 2.24. The molecule has 0 radical (unpaired) electrons. The molecular formula is C22H25ClF4O6. The summed E-state index contributed by atoms with van der Waals surface area (Å²) >= 11 is 3.94. The number of esters is 2. The molecule has 0 bridgehead atoms. The molecule has 0 aliphatic heterocycles.